The number of benzene rings is 2. The Morgan fingerprint density at radius 1 is 1.14 bits per heavy atom. The SMILES string of the molecule is CCC(=O)Nc1ccc(C2=CSC(=NCc3ccc4c(c3)OCO4)NN2)cc1. The van der Waals surface area contributed by atoms with Gasteiger partial charge < -0.3 is 14.8 Å². The molecule has 1 amide bonds. The van der Waals surface area contributed by atoms with Crippen LogP contribution in [0.25, 0.3) is 5.70 Å². The van der Waals surface area contributed by atoms with Crippen molar-refractivity contribution >= 4 is 34.2 Å². The number of amides is 1. The smallest absolute Gasteiger partial charge is 0.231 e. The number of amidine groups is 1. The van der Waals surface area contributed by atoms with Gasteiger partial charge in [-0.05, 0) is 29.8 Å². The molecule has 0 saturated heterocycles. The molecule has 28 heavy (non-hydrogen) atoms. The van der Waals surface area contributed by atoms with Crippen LogP contribution in [0.3, 0.4) is 0 Å². The highest BCUT2D eigenvalue weighted by Crippen LogP contribution is 2.32. The molecule has 0 saturated carbocycles. The maximum atomic E-state index is 11.4. The molecule has 8 heteroatoms. The van der Waals surface area contributed by atoms with Crippen LogP contribution in [0.1, 0.15) is 24.5 Å². The molecule has 144 valence electrons. The Balaban J connectivity index is 1.36. The van der Waals surface area contributed by atoms with Gasteiger partial charge >= 0.3 is 0 Å². The van der Waals surface area contributed by atoms with Crippen molar-refractivity contribution in [1.29, 1.82) is 0 Å². The monoisotopic (exact) mass is 396 g/mol. The lowest BCUT2D eigenvalue weighted by Crippen LogP contribution is -2.36. The molecule has 0 fully saturated rings. The van der Waals surface area contributed by atoms with Crippen molar-refractivity contribution in [2.45, 2.75) is 19.9 Å². The van der Waals surface area contributed by atoms with Gasteiger partial charge in [0.05, 0.1) is 12.2 Å². The summed E-state index contributed by atoms with van der Waals surface area (Å²) in [5.41, 5.74) is 10.1. The highest BCUT2D eigenvalue weighted by atomic mass is 32.2. The number of carbonyl (C=O) groups is 1. The molecule has 0 radical (unpaired) electrons. The summed E-state index contributed by atoms with van der Waals surface area (Å²) < 4.78 is 10.7. The molecule has 2 aromatic carbocycles. The fourth-order valence-electron chi connectivity index (χ4n) is 2.70. The minimum Gasteiger partial charge on any atom is -0.454 e. The summed E-state index contributed by atoms with van der Waals surface area (Å²) in [6.07, 6.45) is 0.462. The Bertz CT molecular complexity index is 941. The normalized spacial score (nSPS) is 16.2. The summed E-state index contributed by atoms with van der Waals surface area (Å²) in [5.74, 6) is 1.54. The molecule has 2 heterocycles. The van der Waals surface area contributed by atoms with E-state index in [-0.39, 0.29) is 12.7 Å². The third-order valence-electron chi connectivity index (χ3n) is 4.24. The van der Waals surface area contributed by atoms with Crippen LogP contribution in [0, 0.1) is 0 Å². The van der Waals surface area contributed by atoms with Crippen LogP contribution in [0.2, 0.25) is 0 Å². The summed E-state index contributed by atoms with van der Waals surface area (Å²) >= 11 is 1.52. The maximum absolute atomic E-state index is 11.4. The standard InChI is InChI=1S/C20H20N4O3S/c1-2-19(25)22-15-6-4-14(5-7-15)16-11-28-20(24-23-16)21-10-13-3-8-17-18(9-13)27-12-26-17/h3-9,11,23H,2,10,12H2,1H3,(H,21,24)(H,22,25). The van der Waals surface area contributed by atoms with Gasteiger partial charge in [-0.1, -0.05) is 36.9 Å². The number of ether oxygens (including phenoxy) is 2. The lowest BCUT2D eigenvalue weighted by Gasteiger charge is -2.19. The van der Waals surface area contributed by atoms with E-state index in [0.717, 1.165) is 39.2 Å². The van der Waals surface area contributed by atoms with Crippen molar-refractivity contribution in [3.8, 4) is 11.5 Å². The molecule has 0 aromatic heterocycles. The molecular formula is C20H20N4O3S. The van der Waals surface area contributed by atoms with Crippen LogP contribution >= 0.6 is 11.8 Å². The van der Waals surface area contributed by atoms with Crippen LogP contribution < -0.4 is 25.6 Å². The highest BCUT2D eigenvalue weighted by Gasteiger charge is 2.14. The summed E-state index contributed by atoms with van der Waals surface area (Å²) in [6.45, 7) is 2.64. The van der Waals surface area contributed by atoms with Gasteiger partial charge in [0, 0.05) is 23.1 Å². The fraction of sp³-hybridized carbons (Fsp3) is 0.200. The van der Waals surface area contributed by atoms with Crippen LogP contribution in [-0.2, 0) is 11.3 Å². The molecule has 7 nitrogen and oxygen atoms in total. The number of fused-ring (bicyclic) bond motifs is 1. The summed E-state index contributed by atoms with van der Waals surface area (Å²) in [5, 5.41) is 5.64. The second-order valence-corrected chi connectivity index (χ2v) is 7.05. The van der Waals surface area contributed by atoms with Crippen molar-refractivity contribution in [1.82, 2.24) is 10.9 Å². The fourth-order valence-corrected chi connectivity index (χ4v) is 3.37. The van der Waals surface area contributed by atoms with E-state index in [0.29, 0.717) is 13.0 Å². The number of anilines is 1. The molecule has 3 N–H and O–H groups in total. The molecular weight excluding hydrogens is 376 g/mol. The van der Waals surface area contributed by atoms with Crippen LogP contribution in [-0.4, -0.2) is 17.9 Å². The van der Waals surface area contributed by atoms with E-state index in [1.807, 2.05) is 54.8 Å². The van der Waals surface area contributed by atoms with Gasteiger partial charge in [0.15, 0.2) is 16.7 Å². The summed E-state index contributed by atoms with van der Waals surface area (Å²) in [4.78, 5) is 16.0. The van der Waals surface area contributed by atoms with E-state index in [1.54, 1.807) is 0 Å². The van der Waals surface area contributed by atoms with E-state index < -0.39 is 0 Å². The third kappa shape index (κ3) is 4.23. The first kappa shape index (κ1) is 18.2. The Kier molecular flexibility index (Phi) is 5.38. The lowest BCUT2D eigenvalue weighted by atomic mass is 10.1. The topological polar surface area (TPSA) is 84.0 Å². The highest BCUT2D eigenvalue weighted by molar-refractivity contribution is 8.16. The Morgan fingerprint density at radius 2 is 1.96 bits per heavy atom. The number of hydrogen-bond donors (Lipinski definition) is 3. The molecule has 2 aliphatic heterocycles. The number of hydrazine groups is 1. The average Bonchev–Trinajstić information content (AvgIpc) is 3.21. The van der Waals surface area contributed by atoms with E-state index in [4.69, 9.17) is 9.47 Å². The molecule has 0 atom stereocenters. The first-order chi connectivity index (χ1) is 13.7. The minimum absolute atomic E-state index is 0.00305. The van der Waals surface area contributed by atoms with Gasteiger partial charge in [-0.15, -0.1) is 0 Å². The molecule has 2 aromatic rings. The quantitative estimate of drug-likeness (QED) is 0.718. The largest absolute Gasteiger partial charge is 0.454 e. The zero-order chi connectivity index (χ0) is 19.3. The first-order valence-electron chi connectivity index (χ1n) is 8.93. The van der Waals surface area contributed by atoms with Crippen molar-refractivity contribution in [3.63, 3.8) is 0 Å². The Hall–Kier alpha value is -3.13. The summed E-state index contributed by atoms with van der Waals surface area (Å²) in [7, 11) is 0. The van der Waals surface area contributed by atoms with Crippen LogP contribution in [0.15, 0.2) is 52.9 Å². The second-order valence-electron chi connectivity index (χ2n) is 6.19. The zero-order valence-corrected chi connectivity index (χ0v) is 16.1. The maximum Gasteiger partial charge on any atom is 0.231 e. The van der Waals surface area contributed by atoms with E-state index in [9.17, 15) is 4.79 Å². The minimum atomic E-state index is 0.00305. The Morgan fingerprint density at radius 3 is 2.71 bits per heavy atom. The molecule has 2 aliphatic rings. The van der Waals surface area contributed by atoms with Gasteiger partial charge in [-0.2, -0.15) is 0 Å². The predicted molar refractivity (Wildman–Crippen MR) is 111 cm³/mol. The van der Waals surface area contributed by atoms with Gasteiger partial charge in [0.1, 0.15) is 0 Å². The Labute approximate surface area is 167 Å². The van der Waals surface area contributed by atoms with Crippen molar-refractivity contribution in [2.24, 2.45) is 4.99 Å². The van der Waals surface area contributed by atoms with Crippen molar-refractivity contribution < 1.29 is 14.3 Å². The number of nitrogens with one attached hydrogen (secondary N) is 3. The number of aliphatic imine (C=N–C) groups is 1. The van der Waals surface area contributed by atoms with Crippen molar-refractivity contribution in [2.75, 3.05) is 12.1 Å². The number of carbonyl (C=O) groups excluding carboxylic acids is 1. The number of thioether (sulfide) groups is 1. The number of nitrogens with zero attached hydrogens (tertiary/aromatic N) is 1. The van der Waals surface area contributed by atoms with Gasteiger partial charge in [-0.25, -0.2) is 0 Å². The van der Waals surface area contributed by atoms with E-state index in [1.165, 1.54) is 11.8 Å². The first-order valence-corrected chi connectivity index (χ1v) is 9.81. The number of hydrogen-bond acceptors (Lipinski definition) is 6. The molecule has 0 spiro atoms. The predicted octanol–water partition coefficient (Wildman–Crippen LogP) is 3.46. The number of rotatable bonds is 5. The molecule has 0 bridgehead atoms. The van der Waals surface area contributed by atoms with Crippen molar-refractivity contribution in [3.05, 3.63) is 59.0 Å². The van der Waals surface area contributed by atoms with E-state index in [2.05, 4.69) is 21.2 Å². The molecule has 4 rings (SSSR count). The van der Waals surface area contributed by atoms with Gasteiger partial charge in [0.25, 0.3) is 0 Å². The third-order valence-corrected chi connectivity index (χ3v) is 5.04. The molecule has 0 aliphatic carbocycles. The van der Waals surface area contributed by atoms with E-state index >= 15 is 0 Å². The lowest BCUT2D eigenvalue weighted by molar-refractivity contribution is -0.115. The zero-order valence-electron chi connectivity index (χ0n) is 15.3. The average molecular weight is 396 g/mol. The van der Waals surface area contributed by atoms with Gasteiger partial charge in [-0.3, -0.25) is 20.6 Å². The van der Waals surface area contributed by atoms with Crippen LogP contribution in [0.5, 0.6) is 11.5 Å². The van der Waals surface area contributed by atoms with Gasteiger partial charge in [0.2, 0.25) is 12.7 Å². The molecule has 0 unspecified atom stereocenters. The second kappa shape index (κ2) is 8.26. The summed E-state index contributed by atoms with van der Waals surface area (Å²) in [6, 6.07) is 13.5. The van der Waals surface area contributed by atoms with Crippen LogP contribution in [0.4, 0.5) is 5.69 Å².